The molecule has 1 aromatic carbocycles. The summed E-state index contributed by atoms with van der Waals surface area (Å²) < 4.78 is 5.64. The van der Waals surface area contributed by atoms with Crippen LogP contribution >= 0.6 is 11.6 Å². The molecule has 5 atom stereocenters. The minimum absolute atomic E-state index is 0.0207. The number of fused-ring (bicyclic) bond motifs is 1. The molecule has 2 saturated heterocycles. The maximum Gasteiger partial charge on any atom is 0.238 e. The fraction of sp³-hybridized carbons (Fsp3) is 0.625. The number of amides is 2. The highest BCUT2D eigenvalue weighted by molar-refractivity contribution is 6.30. The van der Waals surface area contributed by atoms with Gasteiger partial charge in [0.05, 0.1) is 12.1 Å². The topological polar surface area (TPSA) is 96.5 Å². The maximum absolute atomic E-state index is 13.1. The van der Waals surface area contributed by atoms with Crippen molar-refractivity contribution in [2.75, 3.05) is 13.2 Å². The Bertz CT molecular complexity index is 960. The van der Waals surface area contributed by atoms with Crippen LogP contribution in [0.4, 0.5) is 0 Å². The Morgan fingerprint density at radius 3 is 2.72 bits per heavy atom. The molecule has 0 radical (unpaired) electrons. The summed E-state index contributed by atoms with van der Waals surface area (Å²) in [5, 5.41) is 9.85. The van der Waals surface area contributed by atoms with Gasteiger partial charge in [-0.05, 0) is 67.7 Å². The summed E-state index contributed by atoms with van der Waals surface area (Å²) in [4.78, 5) is 38.7. The Kier molecular flexibility index (Phi) is 5.25. The van der Waals surface area contributed by atoms with Crippen LogP contribution in [0.15, 0.2) is 24.3 Å². The summed E-state index contributed by atoms with van der Waals surface area (Å²) in [5.74, 6) is 0.564. The minimum atomic E-state index is -0.769. The van der Waals surface area contributed by atoms with E-state index in [-0.39, 0.29) is 53.0 Å². The van der Waals surface area contributed by atoms with Gasteiger partial charge in [0.1, 0.15) is 12.4 Å². The second-order valence-corrected chi connectivity index (χ2v) is 11.0. The van der Waals surface area contributed by atoms with E-state index in [4.69, 9.17) is 16.3 Å². The van der Waals surface area contributed by atoms with Crippen LogP contribution in [0.25, 0.3) is 0 Å². The highest BCUT2D eigenvalue weighted by Gasteiger charge is 2.65. The first kappa shape index (κ1) is 21.7. The third kappa shape index (κ3) is 4.01. The number of hydrogen-bond acceptors (Lipinski definition) is 5. The van der Waals surface area contributed by atoms with Gasteiger partial charge in [-0.2, -0.15) is 0 Å². The number of ether oxygens (including phenoxy) is 1. The average Bonchev–Trinajstić information content (AvgIpc) is 3.44. The zero-order valence-electron chi connectivity index (χ0n) is 18.4. The first-order chi connectivity index (χ1) is 15.2. The van der Waals surface area contributed by atoms with E-state index in [2.05, 4.69) is 29.8 Å². The second kappa shape index (κ2) is 7.73. The Morgan fingerprint density at radius 2 is 2.09 bits per heavy atom. The monoisotopic (exact) mass is 459 g/mol. The first-order valence-corrected chi connectivity index (χ1v) is 11.8. The lowest BCUT2D eigenvalue weighted by Gasteiger charge is -2.24. The molecule has 0 bridgehead atoms. The molecule has 5 rings (SSSR count). The van der Waals surface area contributed by atoms with E-state index in [1.54, 1.807) is 24.3 Å². The normalized spacial score (nSPS) is 31.5. The molecule has 2 saturated carbocycles. The van der Waals surface area contributed by atoms with Gasteiger partial charge in [-0.1, -0.05) is 31.5 Å². The summed E-state index contributed by atoms with van der Waals surface area (Å²) >= 11 is 5.99. The molecule has 2 aliphatic carbocycles. The zero-order chi connectivity index (χ0) is 22.7. The number of carbonyl (C=O) groups excluding carboxylic acids is 3. The van der Waals surface area contributed by atoms with Crippen molar-refractivity contribution < 1.29 is 19.1 Å². The van der Waals surface area contributed by atoms with Crippen LogP contribution in [0, 0.1) is 23.2 Å². The molecule has 1 unspecified atom stereocenters. The van der Waals surface area contributed by atoms with E-state index in [1.807, 2.05) is 0 Å². The van der Waals surface area contributed by atoms with Crippen molar-refractivity contribution >= 4 is 29.2 Å². The molecular formula is C24H30ClN3O4. The molecule has 1 spiro atoms. The third-order valence-corrected chi connectivity index (χ3v) is 8.23. The average molecular weight is 460 g/mol. The lowest BCUT2D eigenvalue weighted by molar-refractivity contribution is -0.131. The van der Waals surface area contributed by atoms with Crippen LogP contribution in [-0.4, -0.2) is 48.4 Å². The lowest BCUT2D eigenvalue weighted by atomic mass is 9.93. The number of halogens is 1. The van der Waals surface area contributed by atoms with Gasteiger partial charge in [-0.25, -0.2) is 0 Å². The quantitative estimate of drug-likeness (QED) is 0.553. The summed E-state index contributed by atoms with van der Waals surface area (Å²) in [6.45, 7) is 4.99. The fourth-order valence-corrected chi connectivity index (χ4v) is 5.93. The Labute approximate surface area is 193 Å². The molecular weight excluding hydrogens is 430 g/mol. The van der Waals surface area contributed by atoms with Gasteiger partial charge >= 0.3 is 0 Å². The number of carbonyl (C=O) groups is 3. The van der Waals surface area contributed by atoms with Crippen molar-refractivity contribution in [3.63, 3.8) is 0 Å². The van der Waals surface area contributed by atoms with E-state index < -0.39 is 6.04 Å². The number of rotatable bonds is 8. The molecule has 8 heteroatoms. The maximum atomic E-state index is 13.1. The van der Waals surface area contributed by atoms with Crippen molar-refractivity contribution in [1.82, 2.24) is 16.0 Å². The molecule has 1 aromatic rings. The third-order valence-electron chi connectivity index (χ3n) is 7.99. The Hall–Kier alpha value is -2.12. The molecule has 3 N–H and O–H groups in total. The molecule has 0 aromatic heterocycles. The summed E-state index contributed by atoms with van der Waals surface area (Å²) in [7, 11) is 0. The molecule has 2 amide bonds. The van der Waals surface area contributed by atoms with Gasteiger partial charge in [-0.3, -0.25) is 14.4 Å². The minimum Gasteiger partial charge on any atom is -0.486 e. The number of nitrogens with one attached hydrogen (secondary N) is 3. The van der Waals surface area contributed by atoms with Crippen LogP contribution < -0.4 is 20.7 Å². The van der Waals surface area contributed by atoms with Crippen LogP contribution in [0.1, 0.15) is 39.5 Å². The van der Waals surface area contributed by atoms with E-state index in [0.29, 0.717) is 23.1 Å². The Morgan fingerprint density at radius 1 is 1.31 bits per heavy atom. The van der Waals surface area contributed by atoms with Crippen LogP contribution in [-0.2, 0) is 14.4 Å². The van der Waals surface area contributed by atoms with Gasteiger partial charge in [0.2, 0.25) is 11.8 Å². The number of piperidine rings is 1. The highest BCUT2D eigenvalue weighted by atomic mass is 35.5. The van der Waals surface area contributed by atoms with E-state index >= 15 is 0 Å². The lowest BCUT2D eigenvalue weighted by Crippen LogP contribution is -2.52. The number of hydrogen-bond donors (Lipinski definition) is 3. The van der Waals surface area contributed by atoms with Gasteiger partial charge in [0, 0.05) is 16.5 Å². The van der Waals surface area contributed by atoms with E-state index in [0.717, 1.165) is 25.8 Å². The van der Waals surface area contributed by atoms with Gasteiger partial charge in [0.15, 0.2) is 5.78 Å². The number of ketones is 1. The predicted octanol–water partition coefficient (Wildman–Crippen LogP) is 2.08. The van der Waals surface area contributed by atoms with Crippen molar-refractivity contribution in [2.24, 2.45) is 23.2 Å². The SMILES string of the molecule is CC1(C)[C@@H]2[C@@H](C(=O)N[C@@H](CC3CC4(CC4)NC3=O)C(=O)COc3cccc(Cl)c3)NC[C@@H]21. The molecule has 4 aliphatic rings. The molecule has 2 aliphatic heterocycles. The highest BCUT2D eigenvalue weighted by Crippen LogP contribution is 2.62. The fourth-order valence-electron chi connectivity index (χ4n) is 5.75. The molecule has 2 heterocycles. The van der Waals surface area contributed by atoms with E-state index in [9.17, 15) is 14.4 Å². The van der Waals surface area contributed by atoms with Crippen molar-refractivity contribution in [3.05, 3.63) is 29.3 Å². The molecule has 4 fully saturated rings. The van der Waals surface area contributed by atoms with Crippen molar-refractivity contribution in [1.29, 1.82) is 0 Å². The first-order valence-electron chi connectivity index (χ1n) is 11.5. The largest absolute Gasteiger partial charge is 0.486 e. The van der Waals surface area contributed by atoms with Crippen LogP contribution in [0.2, 0.25) is 5.02 Å². The summed E-state index contributed by atoms with van der Waals surface area (Å²) in [5.41, 5.74) is 0.0705. The number of Topliss-reactive ketones (excluding diaryl/α,β-unsaturated/α-hetero) is 1. The van der Waals surface area contributed by atoms with Crippen molar-refractivity contribution in [3.8, 4) is 5.75 Å². The van der Waals surface area contributed by atoms with Crippen LogP contribution in [0.3, 0.4) is 0 Å². The van der Waals surface area contributed by atoms with Gasteiger partial charge < -0.3 is 20.7 Å². The second-order valence-electron chi connectivity index (χ2n) is 10.5. The van der Waals surface area contributed by atoms with Crippen LogP contribution in [0.5, 0.6) is 5.75 Å². The van der Waals surface area contributed by atoms with E-state index in [1.165, 1.54) is 0 Å². The molecule has 7 nitrogen and oxygen atoms in total. The predicted molar refractivity (Wildman–Crippen MR) is 119 cm³/mol. The van der Waals surface area contributed by atoms with Gasteiger partial charge in [0.25, 0.3) is 0 Å². The molecule has 172 valence electrons. The zero-order valence-corrected chi connectivity index (χ0v) is 19.2. The summed E-state index contributed by atoms with van der Waals surface area (Å²) in [6, 6.07) is 5.78. The number of benzene rings is 1. The standard InChI is InChI=1S/C24H30ClN3O4/c1-23(2)16-11-26-20(19(16)23)22(31)27-17(8-13-10-24(6-7-24)28-21(13)30)18(29)12-32-15-5-3-4-14(25)9-15/h3-5,9,13,16-17,19-20,26H,6-8,10-12H2,1-2H3,(H,27,31)(H,28,30)/t13?,16-,17-,19-,20-/m0/s1. The van der Waals surface area contributed by atoms with Crippen molar-refractivity contribution in [2.45, 2.75) is 57.2 Å². The Balaban J connectivity index is 1.26. The smallest absolute Gasteiger partial charge is 0.238 e. The van der Waals surface area contributed by atoms with Gasteiger partial charge in [-0.15, -0.1) is 0 Å². The molecule has 32 heavy (non-hydrogen) atoms. The summed E-state index contributed by atoms with van der Waals surface area (Å²) in [6.07, 6.45) is 2.99.